The van der Waals surface area contributed by atoms with Crippen LogP contribution < -0.4 is 0 Å². The molecule has 0 saturated carbocycles. The van der Waals surface area contributed by atoms with Gasteiger partial charge in [0.2, 0.25) is 0 Å². The third-order valence-corrected chi connectivity index (χ3v) is 2.28. The number of fused-ring (bicyclic) bond motifs is 1. The van der Waals surface area contributed by atoms with Crippen molar-refractivity contribution in [3.63, 3.8) is 0 Å². The first-order chi connectivity index (χ1) is 7.68. The van der Waals surface area contributed by atoms with E-state index in [0.29, 0.717) is 11.3 Å². The van der Waals surface area contributed by atoms with Crippen molar-refractivity contribution >= 4 is 16.7 Å². The number of hydrogen-bond acceptors (Lipinski definition) is 2. The molecule has 0 unspecified atom stereocenters. The normalized spacial score (nSPS) is 10.1. The van der Waals surface area contributed by atoms with Gasteiger partial charge in [0.1, 0.15) is 0 Å². The fraction of sp³-hybridized carbons (Fsp3) is 0.0714. The van der Waals surface area contributed by atoms with E-state index < -0.39 is 0 Å². The van der Waals surface area contributed by atoms with Gasteiger partial charge in [-0.3, -0.25) is 0 Å². The smallest absolute Gasteiger partial charge is 0.343 e. The fourth-order valence-corrected chi connectivity index (χ4v) is 1.62. The third kappa shape index (κ3) is 1.96. The predicted octanol–water partition coefficient (Wildman–Crippen LogP) is 3.53. The van der Waals surface area contributed by atoms with Gasteiger partial charge in [0.05, 0.1) is 11.3 Å². The second kappa shape index (κ2) is 4.19. The maximum atomic E-state index is 11.8. The van der Waals surface area contributed by atoms with E-state index in [1.807, 2.05) is 36.4 Å². The van der Waals surface area contributed by atoms with E-state index in [9.17, 15) is 4.79 Å². The molecule has 0 bridgehead atoms. The second-order valence-corrected chi connectivity index (χ2v) is 3.62. The highest BCUT2D eigenvalue weighted by Crippen LogP contribution is 2.19. The van der Waals surface area contributed by atoms with Crippen LogP contribution in [0.3, 0.4) is 0 Å². The molecule has 80 valence electrons. The zero-order valence-corrected chi connectivity index (χ0v) is 9.07. The SMILES string of the molecule is C=C(C)OC(=O)c1cccc2ccccc12. The van der Waals surface area contributed by atoms with Gasteiger partial charge in [-0.25, -0.2) is 4.79 Å². The number of ether oxygens (including phenoxy) is 1. The van der Waals surface area contributed by atoms with Crippen LogP contribution in [0.2, 0.25) is 0 Å². The van der Waals surface area contributed by atoms with E-state index in [1.54, 1.807) is 13.0 Å². The summed E-state index contributed by atoms with van der Waals surface area (Å²) in [6, 6.07) is 13.3. The second-order valence-electron chi connectivity index (χ2n) is 3.62. The molecule has 0 aliphatic heterocycles. The number of benzene rings is 2. The molecule has 2 aromatic rings. The van der Waals surface area contributed by atoms with Gasteiger partial charge in [0.15, 0.2) is 0 Å². The number of carbonyl (C=O) groups is 1. The quantitative estimate of drug-likeness (QED) is 0.562. The van der Waals surface area contributed by atoms with Crippen molar-refractivity contribution in [3.8, 4) is 0 Å². The van der Waals surface area contributed by atoms with Crippen LogP contribution >= 0.6 is 0 Å². The lowest BCUT2D eigenvalue weighted by Crippen LogP contribution is -2.03. The van der Waals surface area contributed by atoms with Gasteiger partial charge >= 0.3 is 5.97 Å². The zero-order chi connectivity index (χ0) is 11.5. The summed E-state index contributed by atoms with van der Waals surface area (Å²) >= 11 is 0. The molecule has 0 atom stereocenters. The van der Waals surface area contributed by atoms with Crippen LogP contribution in [0.5, 0.6) is 0 Å². The lowest BCUT2D eigenvalue weighted by atomic mass is 10.1. The van der Waals surface area contributed by atoms with E-state index in [0.717, 1.165) is 10.8 Å². The van der Waals surface area contributed by atoms with Crippen molar-refractivity contribution in [2.24, 2.45) is 0 Å². The van der Waals surface area contributed by atoms with Crippen LogP contribution in [0.15, 0.2) is 54.8 Å². The van der Waals surface area contributed by atoms with Crippen LogP contribution in [0, 0.1) is 0 Å². The van der Waals surface area contributed by atoms with Crippen LogP contribution in [0.4, 0.5) is 0 Å². The average Bonchev–Trinajstić information content (AvgIpc) is 2.27. The maximum absolute atomic E-state index is 11.8. The van der Waals surface area contributed by atoms with Crippen LogP contribution in [0.25, 0.3) is 10.8 Å². The fourth-order valence-electron chi connectivity index (χ4n) is 1.62. The van der Waals surface area contributed by atoms with Crippen LogP contribution in [-0.2, 0) is 4.74 Å². The molecule has 0 aromatic heterocycles. The Hall–Kier alpha value is -2.09. The van der Waals surface area contributed by atoms with Crippen molar-refractivity contribution in [2.75, 3.05) is 0 Å². The number of carbonyl (C=O) groups excluding carboxylic acids is 1. The Bertz CT molecular complexity index is 550. The van der Waals surface area contributed by atoms with E-state index >= 15 is 0 Å². The van der Waals surface area contributed by atoms with Gasteiger partial charge in [-0.2, -0.15) is 0 Å². The molecule has 0 amide bonds. The number of allylic oxidation sites excluding steroid dienone is 1. The molecule has 0 fully saturated rings. The first-order valence-electron chi connectivity index (χ1n) is 5.04. The number of esters is 1. The highest BCUT2D eigenvalue weighted by Gasteiger charge is 2.10. The first kappa shape index (κ1) is 10.4. The number of rotatable bonds is 2. The first-order valence-corrected chi connectivity index (χ1v) is 5.04. The summed E-state index contributed by atoms with van der Waals surface area (Å²) in [7, 11) is 0. The molecule has 2 nitrogen and oxygen atoms in total. The summed E-state index contributed by atoms with van der Waals surface area (Å²) in [5.74, 6) is 0.0437. The Labute approximate surface area is 94.2 Å². The standard InChI is InChI=1S/C14H12O2/c1-10(2)16-14(15)13-9-5-7-11-6-3-4-8-12(11)13/h3-9H,1H2,2H3. The molecule has 2 rings (SSSR count). The minimum atomic E-state index is -0.357. The summed E-state index contributed by atoms with van der Waals surface area (Å²) in [6.45, 7) is 5.21. The topological polar surface area (TPSA) is 26.3 Å². The van der Waals surface area contributed by atoms with Gasteiger partial charge in [-0.05, 0) is 23.8 Å². The van der Waals surface area contributed by atoms with Crippen LogP contribution in [-0.4, -0.2) is 5.97 Å². The van der Waals surface area contributed by atoms with Gasteiger partial charge in [0, 0.05) is 0 Å². The van der Waals surface area contributed by atoms with Crippen LogP contribution in [0.1, 0.15) is 17.3 Å². The van der Waals surface area contributed by atoms with Crippen molar-refractivity contribution < 1.29 is 9.53 Å². The molecule has 0 spiro atoms. The van der Waals surface area contributed by atoms with Gasteiger partial charge in [0.25, 0.3) is 0 Å². The molecule has 0 aliphatic carbocycles. The number of hydrogen-bond donors (Lipinski definition) is 0. The Morgan fingerprint density at radius 3 is 2.56 bits per heavy atom. The highest BCUT2D eigenvalue weighted by atomic mass is 16.5. The molecule has 0 aliphatic rings. The van der Waals surface area contributed by atoms with Crippen molar-refractivity contribution in [1.82, 2.24) is 0 Å². The average molecular weight is 212 g/mol. The van der Waals surface area contributed by atoms with E-state index in [-0.39, 0.29) is 5.97 Å². The molecule has 0 heterocycles. The molecule has 0 N–H and O–H groups in total. The summed E-state index contributed by atoms with van der Waals surface area (Å²) in [5, 5.41) is 1.93. The Kier molecular flexibility index (Phi) is 2.73. The predicted molar refractivity (Wildman–Crippen MR) is 64.2 cm³/mol. The third-order valence-electron chi connectivity index (χ3n) is 2.28. The van der Waals surface area contributed by atoms with E-state index in [1.165, 1.54) is 0 Å². The largest absolute Gasteiger partial charge is 0.428 e. The monoisotopic (exact) mass is 212 g/mol. The van der Waals surface area contributed by atoms with Gasteiger partial charge < -0.3 is 4.74 Å². The molecule has 0 saturated heterocycles. The van der Waals surface area contributed by atoms with Gasteiger partial charge in [-0.1, -0.05) is 43.0 Å². The molecule has 2 aromatic carbocycles. The van der Waals surface area contributed by atoms with Gasteiger partial charge in [-0.15, -0.1) is 0 Å². The summed E-state index contributed by atoms with van der Waals surface area (Å²) in [6.07, 6.45) is 0. The zero-order valence-electron chi connectivity index (χ0n) is 9.07. The summed E-state index contributed by atoms with van der Waals surface area (Å²) in [5.41, 5.74) is 0.570. The van der Waals surface area contributed by atoms with Crippen molar-refractivity contribution in [1.29, 1.82) is 0 Å². The Balaban J connectivity index is 2.52. The Morgan fingerprint density at radius 1 is 1.12 bits per heavy atom. The minimum Gasteiger partial charge on any atom is -0.428 e. The molecular formula is C14H12O2. The van der Waals surface area contributed by atoms with E-state index in [4.69, 9.17) is 4.74 Å². The Morgan fingerprint density at radius 2 is 1.81 bits per heavy atom. The van der Waals surface area contributed by atoms with E-state index in [2.05, 4.69) is 6.58 Å². The molecule has 2 heteroatoms. The lowest BCUT2D eigenvalue weighted by molar-refractivity contribution is 0.0630. The summed E-state index contributed by atoms with van der Waals surface area (Å²) < 4.78 is 5.01. The molecule has 0 radical (unpaired) electrons. The van der Waals surface area contributed by atoms with Crippen molar-refractivity contribution in [2.45, 2.75) is 6.92 Å². The van der Waals surface area contributed by atoms with Crippen molar-refractivity contribution in [3.05, 3.63) is 60.4 Å². The lowest BCUT2D eigenvalue weighted by Gasteiger charge is -2.06. The molecular weight excluding hydrogens is 200 g/mol. The highest BCUT2D eigenvalue weighted by molar-refractivity contribution is 6.04. The minimum absolute atomic E-state index is 0.357. The maximum Gasteiger partial charge on any atom is 0.343 e. The summed E-state index contributed by atoms with van der Waals surface area (Å²) in [4.78, 5) is 11.8. The molecule has 16 heavy (non-hydrogen) atoms.